The zero-order valence-corrected chi connectivity index (χ0v) is 13.5. The lowest BCUT2D eigenvalue weighted by atomic mass is 9.91. The van der Waals surface area contributed by atoms with Crippen LogP contribution in [0.5, 0.6) is 0 Å². The normalized spacial score (nSPS) is 32.1. The molecule has 0 bridgehead atoms. The summed E-state index contributed by atoms with van der Waals surface area (Å²) >= 11 is 0. The molecular formula is C17H33N3O. The minimum Gasteiger partial charge on any atom is -0.379 e. The van der Waals surface area contributed by atoms with E-state index in [0.29, 0.717) is 6.04 Å². The first-order chi connectivity index (χ1) is 10.4. The molecule has 1 aliphatic carbocycles. The highest BCUT2D eigenvalue weighted by atomic mass is 16.5. The van der Waals surface area contributed by atoms with Gasteiger partial charge in [-0.3, -0.25) is 9.80 Å². The smallest absolute Gasteiger partial charge is 0.0594 e. The molecule has 0 aromatic heterocycles. The fraction of sp³-hybridized carbons (Fsp3) is 1.00. The Kier molecular flexibility index (Phi) is 5.92. The molecular weight excluding hydrogens is 262 g/mol. The third kappa shape index (κ3) is 3.98. The van der Waals surface area contributed by atoms with Crippen molar-refractivity contribution in [3.8, 4) is 0 Å². The van der Waals surface area contributed by atoms with E-state index in [2.05, 4.69) is 9.80 Å². The molecule has 2 atom stereocenters. The number of rotatable bonds is 4. The Morgan fingerprint density at radius 3 is 2.33 bits per heavy atom. The van der Waals surface area contributed by atoms with Crippen LogP contribution < -0.4 is 5.73 Å². The van der Waals surface area contributed by atoms with E-state index in [-0.39, 0.29) is 0 Å². The van der Waals surface area contributed by atoms with Gasteiger partial charge in [-0.2, -0.15) is 0 Å². The predicted octanol–water partition coefficient (Wildman–Crippen LogP) is 1.69. The molecule has 122 valence electrons. The van der Waals surface area contributed by atoms with Crippen molar-refractivity contribution in [2.45, 2.75) is 57.0 Å². The molecule has 0 radical (unpaired) electrons. The van der Waals surface area contributed by atoms with Crippen molar-refractivity contribution in [1.29, 1.82) is 0 Å². The van der Waals surface area contributed by atoms with E-state index in [1.54, 1.807) is 0 Å². The van der Waals surface area contributed by atoms with Crippen LogP contribution in [-0.2, 0) is 4.74 Å². The van der Waals surface area contributed by atoms with Crippen LogP contribution in [0, 0.1) is 5.92 Å². The maximum Gasteiger partial charge on any atom is 0.0594 e. The second kappa shape index (κ2) is 7.91. The van der Waals surface area contributed by atoms with Crippen LogP contribution in [0.4, 0.5) is 0 Å². The quantitative estimate of drug-likeness (QED) is 0.802. The van der Waals surface area contributed by atoms with Crippen molar-refractivity contribution in [1.82, 2.24) is 9.80 Å². The largest absolute Gasteiger partial charge is 0.379 e. The Balaban J connectivity index is 1.54. The van der Waals surface area contributed by atoms with Gasteiger partial charge < -0.3 is 10.5 Å². The van der Waals surface area contributed by atoms with Crippen LogP contribution >= 0.6 is 0 Å². The van der Waals surface area contributed by atoms with Crippen LogP contribution in [0.15, 0.2) is 0 Å². The van der Waals surface area contributed by atoms with Crippen molar-refractivity contribution >= 4 is 0 Å². The highest BCUT2D eigenvalue weighted by Gasteiger charge is 2.34. The summed E-state index contributed by atoms with van der Waals surface area (Å²) in [7, 11) is 0. The van der Waals surface area contributed by atoms with E-state index in [1.807, 2.05) is 0 Å². The second-order valence-corrected chi connectivity index (χ2v) is 7.14. The molecule has 3 fully saturated rings. The average molecular weight is 295 g/mol. The van der Waals surface area contributed by atoms with Gasteiger partial charge in [0, 0.05) is 44.8 Å². The number of likely N-dealkylation sites (tertiary alicyclic amines) is 1. The number of nitrogens with zero attached hydrogens (tertiary/aromatic N) is 2. The van der Waals surface area contributed by atoms with Gasteiger partial charge in [0.1, 0.15) is 0 Å². The number of hydrogen-bond donors (Lipinski definition) is 1. The van der Waals surface area contributed by atoms with Crippen molar-refractivity contribution in [3.05, 3.63) is 0 Å². The molecule has 1 saturated carbocycles. The molecule has 4 heteroatoms. The Bertz CT molecular complexity index is 298. The van der Waals surface area contributed by atoms with Crippen LogP contribution in [0.25, 0.3) is 0 Å². The second-order valence-electron chi connectivity index (χ2n) is 7.14. The Morgan fingerprint density at radius 1 is 0.952 bits per heavy atom. The Hall–Kier alpha value is -0.160. The third-order valence-electron chi connectivity index (χ3n) is 5.91. The van der Waals surface area contributed by atoms with Crippen LogP contribution in [0.3, 0.4) is 0 Å². The van der Waals surface area contributed by atoms with Gasteiger partial charge in [-0.05, 0) is 25.2 Å². The lowest BCUT2D eigenvalue weighted by Gasteiger charge is -2.35. The number of nitrogens with two attached hydrogens (primary N) is 1. The molecule has 3 rings (SSSR count). The van der Waals surface area contributed by atoms with Gasteiger partial charge in [0.05, 0.1) is 13.2 Å². The van der Waals surface area contributed by atoms with Gasteiger partial charge in [0.25, 0.3) is 0 Å². The molecule has 0 aromatic rings. The molecule has 2 aliphatic heterocycles. The minimum atomic E-state index is 0.633. The number of ether oxygens (including phenoxy) is 1. The van der Waals surface area contributed by atoms with E-state index in [4.69, 9.17) is 10.5 Å². The third-order valence-corrected chi connectivity index (χ3v) is 5.91. The Labute approximate surface area is 130 Å². The van der Waals surface area contributed by atoms with Gasteiger partial charge in [0.2, 0.25) is 0 Å². The van der Waals surface area contributed by atoms with Gasteiger partial charge in [-0.25, -0.2) is 0 Å². The van der Waals surface area contributed by atoms with E-state index in [0.717, 1.165) is 44.8 Å². The van der Waals surface area contributed by atoms with Gasteiger partial charge in [0.15, 0.2) is 0 Å². The highest BCUT2D eigenvalue weighted by Crippen LogP contribution is 2.30. The molecule has 2 N–H and O–H groups in total. The first-order valence-electron chi connectivity index (χ1n) is 9.14. The lowest BCUT2D eigenvalue weighted by Crippen LogP contribution is -2.48. The summed E-state index contributed by atoms with van der Waals surface area (Å²) in [5.74, 6) is 0.848. The number of hydrogen-bond acceptors (Lipinski definition) is 4. The molecule has 0 spiro atoms. The topological polar surface area (TPSA) is 41.7 Å². The highest BCUT2D eigenvalue weighted by molar-refractivity contribution is 4.91. The van der Waals surface area contributed by atoms with E-state index in [1.165, 1.54) is 58.0 Å². The van der Waals surface area contributed by atoms with E-state index >= 15 is 0 Å². The van der Waals surface area contributed by atoms with E-state index in [9.17, 15) is 0 Å². The van der Waals surface area contributed by atoms with Crippen molar-refractivity contribution in [2.24, 2.45) is 11.7 Å². The summed E-state index contributed by atoms with van der Waals surface area (Å²) in [4.78, 5) is 5.36. The fourth-order valence-electron chi connectivity index (χ4n) is 4.65. The molecule has 3 aliphatic rings. The predicted molar refractivity (Wildman–Crippen MR) is 86.4 cm³/mol. The van der Waals surface area contributed by atoms with Crippen LogP contribution in [0.2, 0.25) is 0 Å². The Morgan fingerprint density at radius 2 is 1.67 bits per heavy atom. The number of morpholine rings is 1. The molecule has 2 unspecified atom stereocenters. The maximum absolute atomic E-state index is 6.18. The first kappa shape index (κ1) is 15.7. The summed E-state index contributed by atoms with van der Waals surface area (Å²) in [5, 5.41) is 0. The summed E-state index contributed by atoms with van der Waals surface area (Å²) in [6, 6.07) is 1.38. The standard InChI is InChI=1S/C17H33N3O/c18-13-17(15-5-3-1-2-4-6-15)20-8-7-16(14-20)19-9-11-21-12-10-19/h15-17H,1-14,18H2. The minimum absolute atomic E-state index is 0.633. The molecule has 0 amide bonds. The SMILES string of the molecule is NCC(C1CCCCCC1)N1CCC(N2CCOCC2)C1. The molecule has 2 heterocycles. The maximum atomic E-state index is 6.18. The molecule has 2 saturated heterocycles. The zero-order chi connectivity index (χ0) is 14.5. The lowest BCUT2D eigenvalue weighted by molar-refractivity contribution is 0.0167. The van der Waals surface area contributed by atoms with Crippen LogP contribution in [0.1, 0.15) is 44.9 Å². The fourth-order valence-corrected chi connectivity index (χ4v) is 4.65. The summed E-state index contributed by atoms with van der Waals surface area (Å²) in [6.07, 6.45) is 9.84. The van der Waals surface area contributed by atoms with Gasteiger partial charge in [-0.15, -0.1) is 0 Å². The van der Waals surface area contributed by atoms with Crippen LogP contribution in [-0.4, -0.2) is 67.8 Å². The van der Waals surface area contributed by atoms with Crippen molar-refractivity contribution in [2.75, 3.05) is 45.9 Å². The molecule has 0 aromatic carbocycles. The summed E-state index contributed by atoms with van der Waals surface area (Å²) in [6.45, 7) is 7.41. The molecule has 4 nitrogen and oxygen atoms in total. The average Bonchev–Trinajstić information content (AvgIpc) is 2.86. The summed E-state index contributed by atoms with van der Waals surface area (Å²) < 4.78 is 5.49. The van der Waals surface area contributed by atoms with Gasteiger partial charge >= 0.3 is 0 Å². The molecule has 21 heavy (non-hydrogen) atoms. The van der Waals surface area contributed by atoms with Crippen molar-refractivity contribution in [3.63, 3.8) is 0 Å². The van der Waals surface area contributed by atoms with Crippen molar-refractivity contribution < 1.29 is 4.74 Å². The van der Waals surface area contributed by atoms with Gasteiger partial charge in [-0.1, -0.05) is 25.7 Å². The summed E-state index contributed by atoms with van der Waals surface area (Å²) in [5.41, 5.74) is 6.18. The monoisotopic (exact) mass is 295 g/mol. The zero-order valence-electron chi connectivity index (χ0n) is 13.5. The van der Waals surface area contributed by atoms with E-state index < -0.39 is 0 Å². The first-order valence-corrected chi connectivity index (χ1v) is 9.14.